The van der Waals surface area contributed by atoms with E-state index in [4.69, 9.17) is 0 Å². The van der Waals surface area contributed by atoms with Crippen LogP contribution in [0.2, 0.25) is 0 Å². The molecule has 0 bridgehead atoms. The van der Waals surface area contributed by atoms with Crippen molar-refractivity contribution in [2.24, 2.45) is 5.92 Å². The van der Waals surface area contributed by atoms with Gasteiger partial charge in [-0.2, -0.15) is 0 Å². The van der Waals surface area contributed by atoms with E-state index in [0.717, 1.165) is 12.5 Å². The molecule has 2 rings (SSSR count). The lowest BCUT2D eigenvalue weighted by Crippen LogP contribution is -2.39. The molecule has 1 aromatic carbocycles. The lowest BCUT2D eigenvalue weighted by Gasteiger charge is -2.24. The molecule has 1 atom stereocenters. The fourth-order valence-corrected chi connectivity index (χ4v) is 2.96. The van der Waals surface area contributed by atoms with Crippen molar-refractivity contribution >= 4 is 21.6 Å². The third-order valence-electron chi connectivity index (χ3n) is 3.79. The van der Waals surface area contributed by atoms with Crippen LogP contribution in [0.5, 0.6) is 0 Å². The van der Waals surface area contributed by atoms with E-state index in [1.807, 2.05) is 0 Å². The highest BCUT2D eigenvalue weighted by molar-refractivity contribution is 9.10. The van der Waals surface area contributed by atoms with Crippen molar-refractivity contribution in [1.29, 1.82) is 0 Å². The minimum Gasteiger partial charge on any atom is -0.371 e. The molecule has 0 saturated carbocycles. The van der Waals surface area contributed by atoms with Crippen molar-refractivity contribution in [3.8, 4) is 0 Å². The molecule has 19 heavy (non-hydrogen) atoms. The fourth-order valence-electron chi connectivity index (χ4n) is 2.61. The zero-order chi connectivity index (χ0) is 14.0. The smallest absolute Gasteiger partial charge is 0.0407 e. The van der Waals surface area contributed by atoms with Gasteiger partial charge in [-0.3, -0.25) is 0 Å². The molecule has 1 aliphatic rings. The van der Waals surface area contributed by atoms with Crippen LogP contribution in [-0.4, -0.2) is 25.2 Å². The van der Waals surface area contributed by atoms with Gasteiger partial charge in [0, 0.05) is 35.3 Å². The second-order valence-corrected chi connectivity index (χ2v) is 7.47. The maximum atomic E-state index is 3.63. The van der Waals surface area contributed by atoms with Gasteiger partial charge in [0.05, 0.1) is 0 Å². The molecule has 1 aromatic rings. The Labute approximate surface area is 125 Å². The summed E-state index contributed by atoms with van der Waals surface area (Å²) in [5.41, 5.74) is 2.96. The zero-order valence-electron chi connectivity index (χ0n) is 12.5. The first kappa shape index (κ1) is 14.9. The van der Waals surface area contributed by atoms with E-state index in [-0.39, 0.29) is 5.54 Å². The van der Waals surface area contributed by atoms with Crippen LogP contribution >= 0.6 is 15.9 Å². The Balaban J connectivity index is 1.97. The number of nitrogens with zero attached hydrogens (tertiary/aromatic N) is 1. The highest BCUT2D eigenvalue weighted by Crippen LogP contribution is 2.30. The third-order valence-corrected chi connectivity index (χ3v) is 4.65. The van der Waals surface area contributed by atoms with E-state index in [2.05, 4.69) is 72.0 Å². The number of halogens is 1. The second kappa shape index (κ2) is 5.84. The zero-order valence-corrected chi connectivity index (χ0v) is 14.0. The molecule has 0 aromatic heterocycles. The molecule has 1 heterocycles. The summed E-state index contributed by atoms with van der Waals surface area (Å²) in [5.74, 6) is 0.762. The molecule has 1 saturated heterocycles. The Morgan fingerprint density at radius 2 is 2.11 bits per heavy atom. The molecule has 0 spiro atoms. The molecule has 1 fully saturated rings. The van der Waals surface area contributed by atoms with Crippen LogP contribution in [0, 0.1) is 12.8 Å². The SMILES string of the molecule is Cc1c(Br)cccc1N1CCC(CNC(C)(C)C)C1. The normalized spacial score (nSPS) is 20.1. The van der Waals surface area contributed by atoms with Gasteiger partial charge in [0.15, 0.2) is 0 Å². The van der Waals surface area contributed by atoms with Gasteiger partial charge in [-0.05, 0) is 57.7 Å². The summed E-state index contributed by atoms with van der Waals surface area (Å²) < 4.78 is 1.21. The van der Waals surface area contributed by atoms with Crippen LogP contribution in [0.15, 0.2) is 22.7 Å². The molecule has 0 radical (unpaired) electrons. The van der Waals surface area contributed by atoms with Gasteiger partial charge in [-0.15, -0.1) is 0 Å². The van der Waals surface area contributed by atoms with Gasteiger partial charge >= 0.3 is 0 Å². The molecule has 106 valence electrons. The lowest BCUT2D eigenvalue weighted by molar-refractivity contribution is 0.383. The number of nitrogens with one attached hydrogen (secondary N) is 1. The Hall–Kier alpha value is -0.540. The second-order valence-electron chi connectivity index (χ2n) is 6.62. The highest BCUT2D eigenvalue weighted by atomic mass is 79.9. The average molecular weight is 325 g/mol. The van der Waals surface area contributed by atoms with Crippen LogP contribution in [0.25, 0.3) is 0 Å². The topological polar surface area (TPSA) is 15.3 Å². The molecule has 0 aliphatic carbocycles. The third kappa shape index (κ3) is 3.96. The summed E-state index contributed by atoms with van der Waals surface area (Å²) in [7, 11) is 0. The van der Waals surface area contributed by atoms with Gasteiger partial charge in [0.2, 0.25) is 0 Å². The molecule has 2 nitrogen and oxygen atoms in total. The Morgan fingerprint density at radius 3 is 2.79 bits per heavy atom. The minimum absolute atomic E-state index is 0.221. The maximum absolute atomic E-state index is 3.63. The Bertz CT molecular complexity index is 437. The van der Waals surface area contributed by atoms with Crippen LogP contribution < -0.4 is 10.2 Å². The standard InChI is InChI=1S/C16H25BrN2/c1-12-14(17)6-5-7-15(12)19-9-8-13(11-19)10-18-16(2,3)4/h5-7,13,18H,8-11H2,1-4H3. The van der Waals surface area contributed by atoms with E-state index >= 15 is 0 Å². The van der Waals surface area contributed by atoms with Crippen molar-refractivity contribution in [2.75, 3.05) is 24.5 Å². The first-order valence-electron chi connectivity index (χ1n) is 7.12. The van der Waals surface area contributed by atoms with E-state index < -0.39 is 0 Å². The van der Waals surface area contributed by atoms with Gasteiger partial charge in [0.1, 0.15) is 0 Å². The van der Waals surface area contributed by atoms with Crippen molar-refractivity contribution < 1.29 is 0 Å². The van der Waals surface area contributed by atoms with E-state index in [1.165, 1.54) is 35.2 Å². The lowest BCUT2D eigenvalue weighted by atomic mass is 10.1. The van der Waals surface area contributed by atoms with Crippen LogP contribution in [0.4, 0.5) is 5.69 Å². The van der Waals surface area contributed by atoms with Crippen LogP contribution in [0.3, 0.4) is 0 Å². The molecule has 1 aliphatic heterocycles. The monoisotopic (exact) mass is 324 g/mol. The molecule has 1 unspecified atom stereocenters. The number of hydrogen-bond donors (Lipinski definition) is 1. The first-order chi connectivity index (χ1) is 8.87. The summed E-state index contributed by atoms with van der Waals surface area (Å²) in [6, 6.07) is 6.49. The molecular weight excluding hydrogens is 300 g/mol. The van der Waals surface area contributed by atoms with Gasteiger partial charge < -0.3 is 10.2 Å². The predicted octanol–water partition coefficient (Wildman–Crippen LogP) is 3.97. The van der Waals surface area contributed by atoms with Gasteiger partial charge in [0.25, 0.3) is 0 Å². The van der Waals surface area contributed by atoms with Crippen LogP contribution in [-0.2, 0) is 0 Å². The summed E-state index contributed by atoms with van der Waals surface area (Å²) in [6.07, 6.45) is 1.29. The largest absolute Gasteiger partial charge is 0.371 e. The number of benzene rings is 1. The summed E-state index contributed by atoms with van der Waals surface area (Å²) in [4.78, 5) is 2.52. The first-order valence-corrected chi connectivity index (χ1v) is 7.91. The van der Waals surface area contributed by atoms with E-state index in [1.54, 1.807) is 0 Å². The Kier molecular flexibility index (Phi) is 4.57. The highest BCUT2D eigenvalue weighted by Gasteiger charge is 2.24. The molecule has 1 N–H and O–H groups in total. The van der Waals surface area contributed by atoms with E-state index in [0.29, 0.717) is 0 Å². The number of hydrogen-bond acceptors (Lipinski definition) is 2. The van der Waals surface area contributed by atoms with Crippen molar-refractivity contribution in [2.45, 2.75) is 39.7 Å². The Morgan fingerprint density at radius 1 is 1.37 bits per heavy atom. The quantitative estimate of drug-likeness (QED) is 0.904. The minimum atomic E-state index is 0.221. The van der Waals surface area contributed by atoms with Crippen molar-refractivity contribution in [1.82, 2.24) is 5.32 Å². The summed E-state index contributed by atoms with van der Waals surface area (Å²) >= 11 is 3.63. The van der Waals surface area contributed by atoms with E-state index in [9.17, 15) is 0 Å². The van der Waals surface area contributed by atoms with Crippen molar-refractivity contribution in [3.05, 3.63) is 28.2 Å². The molecule has 3 heteroatoms. The maximum Gasteiger partial charge on any atom is 0.0407 e. The summed E-state index contributed by atoms with van der Waals surface area (Å²) in [6.45, 7) is 12.4. The van der Waals surface area contributed by atoms with Gasteiger partial charge in [-0.25, -0.2) is 0 Å². The fraction of sp³-hybridized carbons (Fsp3) is 0.625. The number of anilines is 1. The average Bonchev–Trinajstić information content (AvgIpc) is 2.78. The molecule has 0 amide bonds. The van der Waals surface area contributed by atoms with Gasteiger partial charge in [-0.1, -0.05) is 22.0 Å². The van der Waals surface area contributed by atoms with Crippen LogP contribution in [0.1, 0.15) is 32.8 Å². The van der Waals surface area contributed by atoms with Crippen molar-refractivity contribution in [3.63, 3.8) is 0 Å². The molecular formula is C16H25BrN2. The summed E-state index contributed by atoms with van der Waals surface area (Å²) in [5, 5.41) is 3.63. The number of rotatable bonds is 3. The predicted molar refractivity (Wildman–Crippen MR) is 87.0 cm³/mol.